The van der Waals surface area contributed by atoms with Crippen LogP contribution >= 0.6 is 0 Å². The predicted octanol–water partition coefficient (Wildman–Crippen LogP) is 6.24. The van der Waals surface area contributed by atoms with E-state index in [1.54, 1.807) is 24.3 Å². The average molecular weight is 604 g/mol. The minimum Gasteiger partial charge on any atom is -0.354 e. The second-order valence-corrected chi connectivity index (χ2v) is 10.6. The number of hydrogen-bond donors (Lipinski definition) is 3. The molecule has 0 saturated heterocycles. The standard InChI is InChI=1S/C37H25N5O4/c43-33-21-19-31(40-33)35(23-7-3-1-4-8-23)27-15-17-29(38-27)37(25-11-13-26(14-12-25)42(45)46)30-18-16-28(39-30)36(24-9-5-2-6-10-24)32-20-22-34(44)41-32/h1-22,38H,(H,40,43)(H,41,44)/b35-31-,36-32-,37-30-. The van der Waals surface area contributed by atoms with Gasteiger partial charge in [0, 0.05) is 52.4 Å². The van der Waals surface area contributed by atoms with Gasteiger partial charge in [0.15, 0.2) is 0 Å². The summed E-state index contributed by atoms with van der Waals surface area (Å²) in [6, 6.07) is 29.7. The van der Waals surface area contributed by atoms with Gasteiger partial charge in [0.1, 0.15) is 0 Å². The number of aliphatic imine (C=N–C) groups is 1. The quantitative estimate of drug-likeness (QED) is 0.171. The molecule has 0 spiro atoms. The van der Waals surface area contributed by atoms with Gasteiger partial charge in [-0.15, -0.1) is 0 Å². The lowest BCUT2D eigenvalue weighted by molar-refractivity contribution is -0.384. The van der Waals surface area contributed by atoms with Crippen molar-refractivity contribution in [2.75, 3.05) is 0 Å². The second kappa shape index (κ2) is 11.8. The number of hydrogen-bond acceptors (Lipinski definition) is 5. The Hall–Kier alpha value is -6.61. The summed E-state index contributed by atoms with van der Waals surface area (Å²) in [5.41, 5.74) is 8.87. The van der Waals surface area contributed by atoms with Crippen LogP contribution in [-0.4, -0.2) is 27.4 Å². The maximum Gasteiger partial charge on any atom is 0.269 e. The fraction of sp³-hybridized carbons (Fsp3) is 0. The summed E-state index contributed by atoms with van der Waals surface area (Å²) in [5.74, 6) is -0.401. The normalized spacial score (nSPS) is 18.4. The van der Waals surface area contributed by atoms with Gasteiger partial charge < -0.3 is 15.6 Å². The second-order valence-electron chi connectivity index (χ2n) is 10.6. The molecule has 4 aromatic rings. The van der Waals surface area contributed by atoms with Crippen molar-refractivity contribution in [1.29, 1.82) is 0 Å². The van der Waals surface area contributed by atoms with E-state index < -0.39 is 4.92 Å². The first-order valence-corrected chi connectivity index (χ1v) is 14.5. The molecule has 4 heterocycles. The van der Waals surface area contributed by atoms with E-state index in [0.29, 0.717) is 22.8 Å². The lowest BCUT2D eigenvalue weighted by Gasteiger charge is -2.12. The number of rotatable bonds is 7. The van der Waals surface area contributed by atoms with E-state index >= 15 is 0 Å². The summed E-state index contributed by atoms with van der Waals surface area (Å²) < 4.78 is 0. The first-order chi connectivity index (χ1) is 22.4. The number of nitrogens with zero attached hydrogens (tertiary/aromatic N) is 2. The van der Waals surface area contributed by atoms with Crippen molar-refractivity contribution < 1.29 is 14.5 Å². The molecule has 0 fully saturated rings. The van der Waals surface area contributed by atoms with Crippen molar-refractivity contribution in [3.8, 4) is 0 Å². The van der Waals surface area contributed by atoms with Crippen LogP contribution in [0.4, 0.5) is 5.69 Å². The largest absolute Gasteiger partial charge is 0.354 e. The summed E-state index contributed by atoms with van der Waals surface area (Å²) in [5, 5.41) is 17.3. The maximum absolute atomic E-state index is 12.1. The summed E-state index contributed by atoms with van der Waals surface area (Å²) in [7, 11) is 0. The lowest BCUT2D eigenvalue weighted by atomic mass is 9.99. The number of amides is 2. The molecule has 9 heteroatoms. The lowest BCUT2D eigenvalue weighted by Crippen LogP contribution is -2.16. The Balaban J connectivity index is 1.39. The topological polar surface area (TPSA) is 129 Å². The van der Waals surface area contributed by atoms with Crippen molar-refractivity contribution in [1.82, 2.24) is 15.6 Å². The summed E-state index contributed by atoms with van der Waals surface area (Å²) in [6.45, 7) is 0. The Morgan fingerprint density at radius 1 is 0.565 bits per heavy atom. The molecule has 46 heavy (non-hydrogen) atoms. The van der Waals surface area contributed by atoms with Gasteiger partial charge in [-0.25, -0.2) is 4.99 Å². The van der Waals surface area contributed by atoms with Crippen LogP contribution < -0.4 is 10.6 Å². The van der Waals surface area contributed by atoms with Crippen molar-refractivity contribution in [3.63, 3.8) is 0 Å². The smallest absolute Gasteiger partial charge is 0.269 e. The van der Waals surface area contributed by atoms with Gasteiger partial charge in [-0.2, -0.15) is 0 Å². The zero-order valence-corrected chi connectivity index (χ0v) is 24.2. The van der Waals surface area contributed by atoms with E-state index in [1.807, 2.05) is 84.9 Å². The van der Waals surface area contributed by atoms with Crippen LogP contribution in [-0.2, 0) is 9.59 Å². The van der Waals surface area contributed by atoms with Gasteiger partial charge in [-0.3, -0.25) is 19.7 Å². The number of nitrogens with one attached hydrogen (secondary N) is 3. The third-order valence-corrected chi connectivity index (χ3v) is 7.73. The van der Waals surface area contributed by atoms with Gasteiger partial charge in [0.2, 0.25) is 11.8 Å². The number of non-ortho nitro benzene ring substituents is 1. The highest BCUT2D eigenvalue weighted by Gasteiger charge is 2.24. The van der Waals surface area contributed by atoms with Gasteiger partial charge >= 0.3 is 0 Å². The SMILES string of the molecule is O=C1C=C/C(=C(C2=N/C(=C(/c3ccc([N+](=O)[O-])cc3)c3ccc(/C(=C4/C=CC(=O)N4)c4ccccc4)[nH]3)C=C2)\c2ccccc2)N1. The minimum atomic E-state index is -0.432. The van der Waals surface area contributed by atoms with Crippen LogP contribution in [0.2, 0.25) is 0 Å². The van der Waals surface area contributed by atoms with Crippen LogP contribution in [0, 0.1) is 10.1 Å². The highest BCUT2D eigenvalue weighted by molar-refractivity contribution is 6.32. The maximum atomic E-state index is 12.1. The minimum absolute atomic E-state index is 0.0221. The molecule has 0 aliphatic carbocycles. The summed E-state index contributed by atoms with van der Waals surface area (Å²) in [4.78, 5) is 43.8. The number of aromatic nitrogens is 1. The van der Waals surface area contributed by atoms with Crippen LogP contribution in [0.5, 0.6) is 0 Å². The fourth-order valence-electron chi connectivity index (χ4n) is 5.67. The Morgan fingerprint density at radius 3 is 1.63 bits per heavy atom. The van der Waals surface area contributed by atoms with Crippen molar-refractivity contribution in [2.45, 2.75) is 0 Å². The first-order valence-electron chi connectivity index (χ1n) is 14.5. The van der Waals surface area contributed by atoms with E-state index in [-0.39, 0.29) is 17.5 Å². The Bertz CT molecular complexity index is 2130. The predicted molar refractivity (Wildman–Crippen MR) is 177 cm³/mol. The average Bonchev–Trinajstić information content (AvgIpc) is 3.90. The van der Waals surface area contributed by atoms with Crippen molar-refractivity contribution >= 4 is 39.9 Å². The molecule has 0 saturated carbocycles. The number of aromatic amines is 1. The number of benzene rings is 3. The zero-order chi connectivity index (χ0) is 31.6. The van der Waals surface area contributed by atoms with Crippen LogP contribution in [0.1, 0.15) is 28.1 Å². The molecule has 0 bridgehead atoms. The van der Waals surface area contributed by atoms with Gasteiger partial charge in [-0.1, -0.05) is 60.7 Å². The van der Waals surface area contributed by atoms with E-state index in [9.17, 15) is 19.7 Å². The molecule has 0 unspecified atom stereocenters. The molecule has 0 radical (unpaired) electrons. The molecule has 3 aliphatic heterocycles. The van der Waals surface area contributed by atoms with Crippen LogP contribution in [0.25, 0.3) is 16.7 Å². The number of nitro groups is 1. The molecule has 3 N–H and O–H groups in total. The Morgan fingerprint density at radius 2 is 1.09 bits per heavy atom. The van der Waals surface area contributed by atoms with E-state index in [2.05, 4.69) is 15.6 Å². The van der Waals surface area contributed by atoms with Crippen LogP contribution in [0.3, 0.4) is 0 Å². The van der Waals surface area contributed by atoms with E-state index in [0.717, 1.165) is 44.8 Å². The van der Waals surface area contributed by atoms with Gasteiger partial charge in [0.05, 0.1) is 27.7 Å². The number of allylic oxidation sites excluding steroid dienone is 5. The number of carbonyl (C=O) groups excluding carboxylic acids is 2. The number of nitro benzene ring substituents is 1. The molecule has 3 aromatic carbocycles. The molecular formula is C37H25N5O4. The molecule has 2 amide bonds. The van der Waals surface area contributed by atoms with Crippen molar-refractivity contribution in [3.05, 3.63) is 189 Å². The Labute approximate surface area is 263 Å². The third kappa shape index (κ3) is 5.44. The van der Waals surface area contributed by atoms with E-state index in [4.69, 9.17) is 4.99 Å². The monoisotopic (exact) mass is 603 g/mol. The van der Waals surface area contributed by atoms with Crippen LogP contribution in [0.15, 0.2) is 156 Å². The molecule has 1 aromatic heterocycles. The third-order valence-electron chi connectivity index (χ3n) is 7.73. The zero-order valence-electron chi connectivity index (χ0n) is 24.2. The first kappa shape index (κ1) is 28.2. The summed E-state index contributed by atoms with van der Waals surface area (Å²) >= 11 is 0. The number of carbonyl (C=O) groups is 2. The Kier molecular flexibility index (Phi) is 7.24. The molecule has 0 atom stereocenters. The highest BCUT2D eigenvalue weighted by atomic mass is 16.6. The van der Waals surface area contributed by atoms with E-state index in [1.165, 1.54) is 24.3 Å². The fourth-order valence-corrected chi connectivity index (χ4v) is 5.67. The van der Waals surface area contributed by atoms with Crippen molar-refractivity contribution in [2.24, 2.45) is 4.99 Å². The molecule has 9 nitrogen and oxygen atoms in total. The molecule has 222 valence electrons. The molecule has 7 rings (SSSR count). The number of H-pyrrole nitrogens is 1. The molecule has 3 aliphatic rings. The van der Waals surface area contributed by atoms with Gasteiger partial charge in [-0.05, 0) is 65.3 Å². The summed E-state index contributed by atoms with van der Waals surface area (Å²) in [6.07, 6.45) is 10.3. The highest BCUT2D eigenvalue weighted by Crippen LogP contribution is 2.36. The molecular weight excluding hydrogens is 578 g/mol. The van der Waals surface area contributed by atoms with Gasteiger partial charge in [0.25, 0.3) is 5.69 Å².